The van der Waals surface area contributed by atoms with Crippen molar-refractivity contribution in [3.05, 3.63) is 12.4 Å². The zero-order chi connectivity index (χ0) is 6.69. The summed E-state index contributed by atoms with van der Waals surface area (Å²) in [7, 11) is 0. The van der Waals surface area contributed by atoms with E-state index in [2.05, 4.69) is 10.2 Å². The second kappa shape index (κ2) is 2.59. The van der Waals surface area contributed by atoms with Crippen LogP contribution in [0.25, 0.3) is 0 Å². The van der Waals surface area contributed by atoms with Crippen LogP contribution in [0.5, 0.6) is 0 Å². The highest BCUT2D eigenvalue weighted by Crippen LogP contribution is 1.81. The zero-order valence-electron chi connectivity index (χ0n) is 5.36. The van der Waals surface area contributed by atoms with Gasteiger partial charge in [0.15, 0.2) is 0 Å². The van der Waals surface area contributed by atoms with Gasteiger partial charge >= 0.3 is 0 Å². The fraction of sp³-hybridized carbons (Fsp3) is 0.600. The van der Waals surface area contributed by atoms with Gasteiger partial charge in [-0.15, -0.1) is 0 Å². The van der Waals surface area contributed by atoms with Gasteiger partial charge in [0.25, 0.3) is 0 Å². The smallest absolute Gasteiger partial charge is 0.0755 e. The largest absolute Gasteiger partial charge is 0.326 e. The molecule has 0 amide bonds. The van der Waals surface area contributed by atoms with Crippen LogP contribution in [0.2, 0.25) is 0 Å². The Morgan fingerprint density at radius 3 is 2.56 bits per heavy atom. The Hall–Kier alpha value is -0.900. The van der Waals surface area contributed by atoms with Gasteiger partial charge in [-0.1, -0.05) is 0 Å². The monoisotopic (exact) mass is 126 g/mol. The molecule has 1 heterocycles. The van der Waals surface area contributed by atoms with Gasteiger partial charge in [0.2, 0.25) is 0 Å². The third kappa shape index (κ3) is 1.81. The van der Waals surface area contributed by atoms with E-state index in [9.17, 15) is 0 Å². The Morgan fingerprint density at radius 2 is 2.11 bits per heavy atom. The van der Waals surface area contributed by atoms with Crippen LogP contribution in [0.3, 0.4) is 0 Å². The highest BCUT2D eigenvalue weighted by molar-refractivity contribution is 4.61. The van der Waals surface area contributed by atoms with Crippen LogP contribution >= 0.6 is 0 Å². The van der Waals surface area contributed by atoms with Crippen molar-refractivity contribution in [2.75, 3.05) is 0 Å². The quantitative estimate of drug-likeness (QED) is 0.588. The van der Waals surface area contributed by atoms with Gasteiger partial charge in [0.05, 0.1) is 18.9 Å². The topological polar surface area (TPSA) is 56.7 Å². The number of hydrogen-bond donors (Lipinski definition) is 1. The summed E-state index contributed by atoms with van der Waals surface area (Å²) >= 11 is 0. The molecule has 4 heteroatoms. The van der Waals surface area contributed by atoms with E-state index in [1.807, 2.05) is 6.92 Å². The Kier molecular flexibility index (Phi) is 1.79. The van der Waals surface area contributed by atoms with E-state index in [4.69, 9.17) is 5.73 Å². The van der Waals surface area contributed by atoms with E-state index in [1.54, 1.807) is 17.2 Å². The molecule has 0 radical (unpaired) electrons. The lowest BCUT2D eigenvalue weighted by Gasteiger charge is -2.01. The molecule has 1 rings (SSSR count). The summed E-state index contributed by atoms with van der Waals surface area (Å²) in [4.78, 5) is 1.57. The van der Waals surface area contributed by atoms with Gasteiger partial charge in [-0.3, -0.25) is 0 Å². The number of aromatic nitrogens is 3. The third-order valence-electron chi connectivity index (χ3n) is 0.918. The molecule has 0 aliphatic heterocycles. The molecule has 1 aromatic heterocycles. The first-order valence-electron chi connectivity index (χ1n) is 2.88. The average Bonchev–Trinajstić information content (AvgIpc) is 2.15. The van der Waals surface area contributed by atoms with Crippen LogP contribution in [0, 0.1) is 0 Å². The van der Waals surface area contributed by atoms with Crippen molar-refractivity contribution in [2.45, 2.75) is 19.5 Å². The number of rotatable bonds is 2. The highest BCUT2D eigenvalue weighted by atomic mass is 15.5. The molecule has 0 spiro atoms. The minimum Gasteiger partial charge on any atom is -0.326 e. The summed E-state index contributed by atoms with van der Waals surface area (Å²) in [6.45, 7) is 2.61. The molecule has 0 saturated carbocycles. The standard InChI is InChI=1S/C5H10N4/c1-5(6)4-9-7-2-3-8-9/h2-3,5H,4,6H2,1H3. The molecule has 0 fully saturated rings. The molecule has 50 valence electrons. The molecule has 9 heavy (non-hydrogen) atoms. The Bertz CT molecular complexity index is 155. The first kappa shape index (κ1) is 6.22. The number of hydrogen-bond acceptors (Lipinski definition) is 3. The summed E-state index contributed by atoms with van der Waals surface area (Å²) < 4.78 is 0. The number of nitrogens with zero attached hydrogens (tertiary/aromatic N) is 3. The third-order valence-corrected chi connectivity index (χ3v) is 0.918. The van der Waals surface area contributed by atoms with E-state index in [-0.39, 0.29) is 6.04 Å². The maximum Gasteiger partial charge on any atom is 0.0755 e. The van der Waals surface area contributed by atoms with E-state index >= 15 is 0 Å². The molecule has 1 atom stereocenters. The van der Waals surface area contributed by atoms with E-state index in [0.717, 1.165) is 0 Å². The minimum absolute atomic E-state index is 0.123. The van der Waals surface area contributed by atoms with Crippen LogP contribution in [0.1, 0.15) is 6.92 Å². The molecule has 1 unspecified atom stereocenters. The first-order chi connectivity index (χ1) is 4.29. The Labute approximate surface area is 53.7 Å². The maximum absolute atomic E-state index is 5.48. The highest BCUT2D eigenvalue weighted by Gasteiger charge is 1.94. The van der Waals surface area contributed by atoms with Gasteiger partial charge in [-0.2, -0.15) is 15.0 Å². The van der Waals surface area contributed by atoms with E-state index in [1.165, 1.54) is 0 Å². The predicted octanol–water partition coefficient (Wildman–Crippen LogP) is -0.375. The molecule has 0 aliphatic rings. The lowest BCUT2D eigenvalue weighted by molar-refractivity contribution is 0.482. The molecule has 4 nitrogen and oxygen atoms in total. The molecule has 1 aromatic rings. The van der Waals surface area contributed by atoms with Crippen LogP contribution in [-0.2, 0) is 6.54 Å². The Morgan fingerprint density at radius 1 is 1.56 bits per heavy atom. The minimum atomic E-state index is 0.123. The van der Waals surface area contributed by atoms with Crippen LogP contribution < -0.4 is 5.73 Å². The summed E-state index contributed by atoms with van der Waals surface area (Å²) in [5.74, 6) is 0. The summed E-state index contributed by atoms with van der Waals surface area (Å²) in [6, 6.07) is 0.123. The summed E-state index contributed by atoms with van der Waals surface area (Å²) in [5, 5.41) is 7.76. The van der Waals surface area contributed by atoms with Gasteiger partial charge in [-0.05, 0) is 6.92 Å². The average molecular weight is 126 g/mol. The van der Waals surface area contributed by atoms with Crippen molar-refractivity contribution in [1.82, 2.24) is 15.0 Å². The zero-order valence-corrected chi connectivity index (χ0v) is 5.36. The van der Waals surface area contributed by atoms with Gasteiger partial charge in [0.1, 0.15) is 0 Å². The van der Waals surface area contributed by atoms with Crippen molar-refractivity contribution in [2.24, 2.45) is 5.73 Å². The lowest BCUT2D eigenvalue weighted by atomic mass is 10.4. The summed E-state index contributed by atoms with van der Waals surface area (Å²) in [6.07, 6.45) is 3.28. The van der Waals surface area contributed by atoms with Crippen molar-refractivity contribution in [3.8, 4) is 0 Å². The molecule has 0 saturated heterocycles. The van der Waals surface area contributed by atoms with Crippen molar-refractivity contribution < 1.29 is 0 Å². The van der Waals surface area contributed by atoms with Crippen LogP contribution in [0.4, 0.5) is 0 Å². The van der Waals surface area contributed by atoms with E-state index in [0.29, 0.717) is 6.54 Å². The maximum atomic E-state index is 5.48. The Balaban J connectivity index is 2.48. The molecular weight excluding hydrogens is 116 g/mol. The molecule has 0 aromatic carbocycles. The first-order valence-corrected chi connectivity index (χ1v) is 2.88. The fourth-order valence-corrected chi connectivity index (χ4v) is 0.595. The normalized spacial score (nSPS) is 13.6. The van der Waals surface area contributed by atoms with Gasteiger partial charge < -0.3 is 5.73 Å². The number of nitrogens with two attached hydrogens (primary N) is 1. The lowest BCUT2D eigenvalue weighted by Crippen LogP contribution is -2.23. The van der Waals surface area contributed by atoms with Gasteiger partial charge in [-0.25, -0.2) is 0 Å². The molecular formula is C5H10N4. The second-order valence-corrected chi connectivity index (χ2v) is 2.06. The van der Waals surface area contributed by atoms with Crippen molar-refractivity contribution >= 4 is 0 Å². The molecule has 0 aliphatic carbocycles. The fourth-order valence-electron chi connectivity index (χ4n) is 0.595. The van der Waals surface area contributed by atoms with Crippen molar-refractivity contribution in [3.63, 3.8) is 0 Å². The second-order valence-electron chi connectivity index (χ2n) is 2.06. The predicted molar refractivity (Wildman–Crippen MR) is 33.7 cm³/mol. The summed E-state index contributed by atoms with van der Waals surface area (Å²) in [5.41, 5.74) is 5.48. The van der Waals surface area contributed by atoms with Crippen LogP contribution in [0.15, 0.2) is 12.4 Å². The van der Waals surface area contributed by atoms with Crippen LogP contribution in [-0.4, -0.2) is 21.0 Å². The molecule has 0 bridgehead atoms. The van der Waals surface area contributed by atoms with E-state index < -0.39 is 0 Å². The van der Waals surface area contributed by atoms with Crippen molar-refractivity contribution in [1.29, 1.82) is 0 Å². The SMILES string of the molecule is CC(N)Cn1nccn1. The van der Waals surface area contributed by atoms with Gasteiger partial charge in [0, 0.05) is 6.04 Å². The molecule has 2 N–H and O–H groups in total.